The molecule has 0 atom stereocenters. The topological polar surface area (TPSA) is 71.3 Å². The molecule has 0 heterocycles. The number of hydrogen-bond acceptors (Lipinski definition) is 4. The molecule has 0 saturated carbocycles. The Morgan fingerprint density at radius 2 is 1.84 bits per heavy atom. The molecular weight excluding hydrogens is 562 g/mol. The van der Waals surface area contributed by atoms with Crippen LogP contribution in [-0.4, -0.2) is 13.0 Å². The summed E-state index contributed by atoms with van der Waals surface area (Å²) in [5, 5.41) is 12.8. The van der Waals surface area contributed by atoms with Crippen LogP contribution in [0.3, 0.4) is 0 Å². The van der Waals surface area contributed by atoms with Crippen molar-refractivity contribution in [1.29, 1.82) is 5.26 Å². The molecule has 0 aliphatic rings. The summed E-state index contributed by atoms with van der Waals surface area (Å²) in [4.78, 5) is 12.5. The maximum absolute atomic E-state index is 12.5. The molecule has 0 spiro atoms. The molecular formula is C24H17Cl2IN2O3. The van der Waals surface area contributed by atoms with Gasteiger partial charge in [0.25, 0.3) is 5.91 Å². The number of hydrogen-bond donors (Lipinski definition) is 1. The van der Waals surface area contributed by atoms with Gasteiger partial charge in [-0.2, -0.15) is 5.26 Å². The van der Waals surface area contributed by atoms with Gasteiger partial charge in [0.15, 0.2) is 11.5 Å². The Kier molecular flexibility index (Phi) is 8.39. The van der Waals surface area contributed by atoms with E-state index in [1.807, 2.05) is 30.3 Å². The summed E-state index contributed by atoms with van der Waals surface area (Å²) < 4.78 is 12.4. The van der Waals surface area contributed by atoms with Crippen LogP contribution in [0.25, 0.3) is 6.08 Å². The fraction of sp³-hybridized carbons (Fsp3) is 0.0833. The average molecular weight is 579 g/mol. The Hall–Kier alpha value is -2.73. The number of nitrogens with zero attached hydrogens (tertiary/aromatic N) is 1. The molecule has 8 heteroatoms. The highest BCUT2D eigenvalue weighted by Gasteiger charge is 2.13. The summed E-state index contributed by atoms with van der Waals surface area (Å²) >= 11 is 14.2. The van der Waals surface area contributed by atoms with Gasteiger partial charge < -0.3 is 14.8 Å². The predicted octanol–water partition coefficient (Wildman–Crippen LogP) is 6.73. The van der Waals surface area contributed by atoms with Crippen LogP contribution in [0.2, 0.25) is 10.0 Å². The summed E-state index contributed by atoms with van der Waals surface area (Å²) in [5.74, 6) is 0.455. The molecule has 0 aliphatic carbocycles. The second kappa shape index (κ2) is 11.2. The Morgan fingerprint density at radius 1 is 1.09 bits per heavy atom. The zero-order chi connectivity index (χ0) is 23.1. The van der Waals surface area contributed by atoms with E-state index in [2.05, 4.69) is 27.9 Å². The number of halogens is 3. The third-order valence-corrected chi connectivity index (χ3v) is 5.62. The van der Waals surface area contributed by atoms with Gasteiger partial charge in [0, 0.05) is 8.59 Å². The lowest BCUT2D eigenvalue weighted by Gasteiger charge is -2.12. The number of carbonyl (C=O) groups is 1. The van der Waals surface area contributed by atoms with E-state index >= 15 is 0 Å². The number of nitriles is 1. The zero-order valence-corrected chi connectivity index (χ0v) is 20.5. The van der Waals surface area contributed by atoms with E-state index in [-0.39, 0.29) is 10.6 Å². The molecule has 32 heavy (non-hydrogen) atoms. The quantitative estimate of drug-likeness (QED) is 0.192. The van der Waals surface area contributed by atoms with Crippen molar-refractivity contribution in [3.63, 3.8) is 0 Å². The van der Waals surface area contributed by atoms with Gasteiger partial charge in [-0.3, -0.25) is 4.79 Å². The fourth-order valence-corrected chi connectivity index (χ4v) is 3.55. The van der Waals surface area contributed by atoms with Crippen LogP contribution >= 0.6 is 45.8 Å². The molecule has 0 bridgehead atoms. The van der Waals surface area contributed by atoms with Crippen LogP contribution in [-0.2, 0) is 11.4 Å². The molecule has 162 valence electrons. The minimum atomic E-state index is -0.588. The van der Waals surface area contributed by atoms with Crippen molar-refractivity contribution < 1.29 is 14.3 Å². The Balaban J connectivity index is 1.76. The molecule has 0 radical (unpaired) electrons. The highest BCUT2D eigenvalue weighted by molar-refractivity contribution is 14.1. The number of carbonyl (C=O) groups excluding carboxylic acids is 1. The molecule has 0 unspecified atom stereocenters. The number of nitrogens with one attached hydrogen (secondary N) is 1. The summed E-state index contributed by atoms with van der Waals surface area (Å²) in [6.07, 6.45) is 1.46. The summed E-state index contributed by atoms with van der Waals surface area (Å²) in [6, 6.07) is 19.8. The van der Waals surface area contributed by atoms with Gasteiger partial charge >= 0.3 is 0 Å². The number of benzene rings is 3. The first-order valence-corrected chi connectivity index (χ1v) is 11.2. The number of rotatable bonds is 7. The van der Waals surface area contributed by atoms with Crippen LogP contribution in [0.4, 0.5) is 5.69 Å². The van der Waals surface area contributed by atoms with E-state index in [1.165, 1.54) is 19.3 Å². The minimum Gasteiger partial charge on any atom is -0.493 e. The first-order valence-electron chi connectivity index (χ1n) is 9.33. The van der Waals surface area contributed by atoms with E-state index in [0.717, 1.165) is 9.13 Å². The van der Waals surface area contributed by atoms with Crippen LogP contribution in [0.5, 0.6) is 11.5 Å². The van der Waals surface area contributed by atoms with Crippen LogP contribution < -0.4 is 14.8 Å². The van der Waals surface area contributed by atoms with E-state index < -0.39 is 5.91 Å². The minimum absolute atomic E-state index is 0.0920. The monoisotopic (exact) mass is 578 g/mol. The molecule has 3 aromatic rings. The molecule has 5 nitrogen and oxygen atoms in total. The van der Waals surface area contributed by atoms with Gasteiger partial charge in [0.05, 0.1) is 17.8 Å². The Labute approximate surface area is 209 Å². The van der Waals surface area contributed by atoms with Gasteiger partial charge in [-0.15, -0.1) is 0 Å². The Morgan fingerprint density at radius 3 is 2.50 bits per heavy atom. The SMILES string of the molecule is COc1cc(/C=C(/C#N)C(=O)Nc2ccc(Cl)cc2Cl)ccc1OCc1ccc(I)cc1. The Bertz CT molecular complexity index is 1200. The smallest absolute Gasteiger partial charge is 0.266 e. The molecule has 0 saturated heterocycles. The molecule has 0 aliphatic heterocycles. The average Bonchev–Trinajstić information content (AvgIpc) is 2.79. The van der Waals surface area contributed by atoms with Crippen molar-refractivity contribution in [3.8, 4) is 17.6 Å². The summed E-state index contributed by atoms with van der Waals surface area (Å²) in [7, 11) is 1.53. The zero-order valence-electron chi connectivity index (χ0n) is 16.9. The maximum Gasteiger partial charge on any atom is 0.266 e. The van der Waals surface area contributed by atoms with Crippen molar-refractivity contribution in [2.45, 2.75) is 6.61 Å². The van der Waals surface area contributed by atoms with E-state index in [9.17, 15) is 10.1 Å². The summed E-state index contributed by atoms with van der Waals surface area (Å²) in [6.45, 7) is 0.385. The van der Waals surface area contributed by atoms with Crippen molar-refractivity contribution in [1.82, 2.24) is 0 Å². The molecule has 0 aromatic heterocycles. The third-order valence-electron chi connectivity index (χ3n) is 4.35. The lowest BCUT2D eigenvalue weighted by molar-refractivity contribution is -0.112. The first-order chi connectivity index (χ1) is 15.4. The van der Waals surface area contributed by atoms with Gasteiger partial charge in [-0.1, -0.05) is 41.4 Å². The van der Waals surface area contributed by atoms with Gasteiger partial charge in [-0.05, 0) is 82.3 Å². The molecule has 3 aromatic carbocycles. The van der Waals surface area contributed by atoms with Gasteiger partial charge in [0.2, 0.25) is 0 Å². The number of amides is 1. The van der Waals surface area contributed by atoms with E-state index in [4.69, 9.17) is 32.7 Å². The van der Waals surface area contributed by atoms with Crippen molar-refractivity contribution >= 4 is 63.5 Å². The second-order valence-electron chi connectivity index (χ2n) is 6.57. The molecule has 1 N–H and O–H groups in total. The number of ether oxygens (including phenoxy) is 2. The van der Waals surface area contributed by atoms with E-state index in [1.54, 1.807) is 30.3 Å². The van der Waals surface area contributed by atoms with Crippen LogP contribution in [0.15, 0.2) is 66.2 Å². The third kappa shape index (κ3) is 6.39. The van der Waals surface area contributed by atoms with Crippen molar-refractivity contribution in [2.75, 3.05) is 12.4 Å². The van der Waals surface area contributed by atoms with Crippen LogP contribution in [0.1, 0.15) is 11.1 Å². The van der Waals surface area contributed by atoms with E-state index in [0.29, 0.717) is 34.4 Å². The second-order valence-corrected chi connectivity index (χ2v) is 8.66. The number of anilines is 1. The molecule has 1 amide bonds. The van der Waals surface area contributed by atoms with Gasteiger partial charge in [0.1, 0.15) is 18.2 Å². The predicted molar refractivity (Wildman–Crippen MR) is 135 cm³/mol. The largest absolute Gasteiger partial charge is 0.493 e. The summed E-state index contributed by atoms with van der Waals surface area (Å²) in [5.41, 5.74) is 1.91. The standard InChI is InChI=1S/C24H17Cl2IN2O3/c1-31-23-11-16(4-9-22(23)32-14-15-2-6-19(27)7-3-15)10-17(13-28)24(30)29-21-8-5-18(25)12-20(21)26/h2-12H,14H2,1H3,(H,29,30)/b17-10-. The van der Waals surface area contributed by atoms with Crippen molar-refractivity contribution in [3.05, 3.63) is 91.0 Å². The van der Waals surface area contributed by atoms with Gasteiger partial charge in [-0.25, -0.2) is 0 Å². The van der Waals surface area contributed by atoms with Crippen LogP contribution in [0, 0.1) is 14.9 Å². The molecule has 0 fully saturated rings. The molecule has 3 rings (SSSR count). The first kappa shape index (κ1) is 23.9. The highest BCUT2D eigenvalue weighted by atomic mass is 127. The lowest BCUT2D eigenvalue weighted by atomic mass is 10.1. The lowest BCUT2D eigenvalue weighted by Crippen LogP contribution is -2.13. The van der Waals surface area contributed by atoms with Crippen molar-refractivity contribution in [2.24, 2.45) is 0 Å². The normalized spacial score (nSPS) is 10.9. The number of methoxy groups -OCH3 is 1. The maximum atomic E-state index is 12.5. The fourth-order valence-electron chi connectivity index (χ4n) is 2.73. The highest BCUT2D eigenvalue weighted by Crippen LogP contribution is 2.30.